The van der Waals surface area contributed by atoms with E-state index in [2.05, 4.69) is 45.3 Å². The largest absolute Gasteiger partial charge is 0.370 e. The molecule has 0 atom stereocenters. The summed E-state index contributed by atoms with van der Waals surface area (Å²) >= 11 is 3.58. The van der Waals surface area contributed by atoms with Gasteiger partial charge in [-0.3, -0.25) is 0 Å². The third kappa shape index (κ3) is 1.84. The molecule has 0 spiro atoms. The zero-order chi connectivity index (χ0) is 10.8. The number of hydrogen-bond acceptors (Lipinski definition) is 2. The van der Waals surface area contributed by atoms with Crippen LogP contribution < -0.4 is 5.32 Å². The van der Waals surface area contributed by atoms with Crippen molar-refractivity contribution in [3.63, 3.8) is 0 Å². The number of nitrogens with one attached hydrogen (secondary N) is 1. The van der Waals surface area contributed by atoms with Crippen molar-refractivity contribution in [2.75, 3.05) is 11.9 Å². The topological polar surface area (TPSA) is 24.9 Å². The van der Waals surface area contributed by atoms with E-state index in [-0.39, 0.29) is 0 Å². The van der Waals surface area contributed by atoms with Gasteiger partial charge in [0, 0.05) is 21.8 Å². The molecule has 15 heavy (non-hydrogen) atoms. The number of anilines is 1. The van der Waals surface area contributed by atoms with Gasteiger partial charge in [-0.05, 0) is 29.8 Å². The van der Waals surface area contributed by atoms with Crippen molar-refractivity contribution in [1.29, 1.82) is 0 Å². The first-order chi connectivity index (χ1) is 7.24. The molecule has 0 aliphatic heterocycles. The molecule has 0 fully saturated rings. The SMILES string of the molecule is CCNc1nc(C)c(Br)c2ccccc12. The summed E-state index contributed by atoms with van der Waals surface area (Å²) in [6.07, 6.45) is 0. The van der Waals surface area contributed by atoms with Gasteiger partial charge in [0.15, 0.2) is 0 Å². The monoisotopic (exact) mass is 264 g/mol. The molecule has 0 radical (unpaired) electrons. The zero-order valence-electron chi connectivity index (χ0n) is 8.84. The van der Waals surface area contributed by atoms with Gasteiger partial charge >= 0.3 is 0 Å². The fraction of sp³-hybridized carbons (Fsp3) is 0.250. The second-order valence-electron chi connectivity index (χ2n) is 3.44. The third-order valence-corrected chi connectivity index (χ3v) is 3.36. The molecule has 2 nitrogen and oxygen atoms in total. The van der Waals surface area contributed by atoms with Crippen LogP contribution in [0.3, 0.4) is 0 Å². The van der Waals surface area contributed by atoms with Crippen LogP contribution >= 0.6 is 15.9 Å². The summed E-state index contributed by atoms with van der Waals surface area (Å²) in [6, 6.07) is 8.27. The molecule has 2 rings (SSSR count). The minimum Gasteiger partial charge on any atom is -0.370 e. The van der Waals surface area contributed by atoms with E-state index in [1.807, 2.05) is 19.1 Å². The van der Waals surface area contributed by atoms with Crippen molar-refractivity contribution < 1.29 is 0 Å². The number of aromatic nitrogens is 1. The lowest BCUT2D eigenvalue weighted by atomic mass is 10.1. The van der Waals surface area contributed by atoms with Gasteiger partial charge in [0.25, 0.3) is 0 Å². The smallest absolute Gasteiger partial charge is 0.134 e. The van der Waals surface area contributed by atoms with Crippen molar-refractivity contribution >= 4 is 32.5 Å². The molecule has 0 saturated carbocycles. The lowest BCUT2D eigenvalue weighted by molar-refractivity contribution is 1.13. The molecule has 1 aromatic carbocycles. The van der Waals surface area contributed by atoms with Crippen LogP contribution in [0.2, 0.25) is 0 Å². The summed E-state index contributed by atoms with van der Waals surface area (Å²) in [5.41, 5.74) is 1.02. The van der Waals surface area contributed by atoms with Gasteiger partial charge in [0.1, 0.15) is 5.82 Å². The fourth-order valence-corrected chi connectivity index (χ4v) is 2.09. The molecule has 3 heteroatoms. The number of rotatable bonds is 2. The van der Waals surface area contributed by atoms with Crippen LogP contribution in [-0.2, 0) is 0 Å². The Hall–Kier alpha value is -1.09. The molecular formula is C12H13BrN2. The van der Waals surface area contributed by atoms with E-state index in [1.54, 1.807) is 0 Å². The lowest BCUT2D eigenvalue weighted by Gasteiger charge is -2.10. The predicted molar refractivity (Wildman–Crippen MR) is 68.3 cm³/mol. The summed E-state index contributed by atoms with van der Waals surface area (Å²) in [7, 11) is 0. The van der Waals surface area contributed by atoms with Crippen LogP contribution in [0, 0.1) is 6.92 Å². The normalized spacial score (nSPS) is 10.6. The third-order valence-electron chi connectivity index (χ3n) is 2.36. The summed E-state index contributed by atoms with van der Waals surface area (Å²) < 4.78 is 1.08. The number of hydrogen-bond donors (Lipinski definition) is 1. The highest BCUT2D eigenvalue weighted by Gasteiger charge is 2.07. The van der Waals surface area contributed by atoms with Crippen molar-refractivity contribution in [2.45, 2.75) is 13.8 Å². The Morgan fingerprint density at radius 1 is 1.27 bits per heavy atom. The Balaban J connectivity index is 2.76. The number of nitrogens with zero attached hydrogens (tertiary/aromatic N) is 1. The molecule has 0 unspecified atom stereocenters. The quantitative estimate of drug-likeness (QED) is 0.894. The van der Waals surface area contributed by atoms with Crippen molar-refractivity contribution in [1.82, 2.24) is 4.98 Å². The average molecular weight is 265 g/mol. The molecule has 2 aromatic rings. The molecule has 0 aliphatic rings. The van der Waals surface area contributed by atoms with Gasteiger partial charge in [-0.2, -0.15) is 0 Å². The van der Waals surface area contributed by atoms with E-state index in [1.165, 1.54) is 5.39 Å². The highest BCUT2D eigenvalue weighted by atomic mass is 79.9. The molecular weight excluding hydrogens is 252 g/mol. The van der Waals surface area contributed by atoms with Crippen LogP contribution in [0.15, 0.2) is 28.7 Å². The van der Waals surface area contributed by atoms with E-state index in [0.29, 0.717) is 0 Å². The molecule has 1 N–H and O–H groups in total. The second kappa shape index (κ2) is 4.19. The van der Waals surface area contributed by atoms with Gasteiger partial charge in [-0.1, -0.05) is 24.3 Å². The van der Waals surface area contributed by atoms with Crippen LogP contribution in [0.25, 0.3) is 10.8 Å². The minimum absolute atomic E-state index is 0.887. The van der Waals surface area contributed by atoms with Crippen molar-refractivity contribution in [3.8, 4) is 0 Å². The summed E-state index contributed by atoms with van der Waals surface area (Å²) in [5, 5.41) is 5.66. The van der Waals surface area contributed by atoms with Crippen molar-refractivity contribution in [2.24, 2.45) is 0 Å². The maximum atomic E-state index is 4.53. The maximum absolute atomic E-state index is 4.53. The summed E-state index contributed by atoms with van der Waals surface area (Å²) in [6.45, 7) is 4.98. The fourth-order valence-electron chi connectivity index (χ4n) is 1.66. The summed E-state index contributed by atoms with van der Waals surface area (Å²) in [4.78, 5) is 4.53. The van der Waals surface area contributed by atoms with E-state index in [9.17, 15) is 0 Å². The molecule has 1 aromatic heterocycles. The maximum Gasteiger partial charge on any atom is 0.134 e. The molecule has 0 saturated heterocycles. The molecule has 0 amide bonds. The molecule has 0 aliphatic carbocycles. The summed E-state index contributed by atoms with van der Waals surface area (Å²) in [5.74, 6) is 0.966. The number of halogens is 1. The molecule has 78 valence electrons. The van der Waals surface area contributed by atoms with Gasteiger partial charge < -0.3 is 5.32 Å². The van der Waals surface area contributed by atoms with Gasteiger partial charge in [0.2, 0.25) is 0 Å². The van der Waals surface area contributed by atoms with Gasteiger partial charge in [-0.25, -0.2) is 4.98 Å². The molecule has 1 heterocycles. The zero-order valence-corrected chi connectivity index (χ0v) is 10.4. The Kier molecular flexibility index (Phi) is 2.91. The predicted octanol–water partition coefficient (Wildman–Crippen LogP) is 3.74. The Bertz CT molecular complexity index is 494. The number of fused-ring (bicyclic) bond motifs is 1. The van der Waals surface area contributed by atoms with E-state index in [0.717, 1.165) is 27.9 Å². The van der Waals surface area contributed by atoms with Crippen LogP contribution in [-0.4, -0.2) is 11.5 Å². The number of pyridine rings is 1. The Labute approximate surface area is 97.8 Å². The minimum atomic E-state index is 0.887. The van der Waals surface area contributed by atoms with E-state index >= 15 is 0 Å². The highest BCUT2D eigenvalue weighted by molar-refractivity contribution is 9.10. The first kappa shape index (κ1) is 10.4. The average Bonchev–Trinajstić information content (AvgIpc) is 2.26. The van der Waals surface area contributed by atoms with E-state index < -0.39 is 0 Å². The highest BCUT2D eigenvalue weighted by Crippen LogP contribution is 2.30. The van der Waals surface area contributed by atoms with Crippen LogP contribution in [0.4, 0.5) is 5.82 Å². The van der Waals surface area contributed by atoms with Crippen LogP contribution in [0.5, 0.6) is 0 Å². The number of aryl methyl sites for hydroxylation is 1. The van der Waals surface area contributed by atoms with E-state index in [4.69, 9.17) is 0 Å². The Morgan fingerprint density at radius 2 is 1.93 bits per heavy atom. The van der Waals surface area contributed by atoms with Gasteiger partial charge in [-0.15, -0.1) is 0 Å². The molecule has 0 bridgehead atoms. The number of benzene rings is 1. The van der Waals surface area contributed by atoms with Crippen molar-refractivity contribution in [3.05, 3.63) is 34.4 Å². The Morgan fingerprint density at radius 3 is 2.60 bits per heavy atom. The standard InChI is InChI=1S/C12H13BrN2/c1-3-14-12-10-7-5-4-6-9(10)11(13)8(2)15-12/h4-7H,3H2,1-2H3,(H,14,15). The first-order valence-electron chi connectivity index (χ1n) is 5.02. The first-order valence-corrected chi connectivity index (χ1v) is 5.82. The lowest BCUT2D eigenvalue weighted by Crippen LogP contribution is -2.01. The second-order valence-corrected chi connectivity index (χ2v) is 4.23. The van der Waals surface area contributed by atoms with Crippen LogP contribution in [0.1, 0.15) is 12.6 Å². The van der Waals surface area contributed by atoms with Gasteiger partial charge in [0.05, 0.1) is 5.69 Å².